The maximum absolute atomic E-state index is 11.1. The van der Waals surface area contributed by atoms with E-state index in [2.05, 4.69) is 12.1 Å². The van der Waals surface area contributed by atoms with Crippen molar-refractivity contribution in [2.45, 2.75) is 37.5 Å². The predicted octanol–water partition coefficient (Wildman–Crippen LogP) is 2.08. The van der Waals surface area contributed by atoms with Gasteiger partial charge in [-0.05, 0) is 30.4 Å². The van der Waals surface area contributed by atoms with Crippen molar-refractivity contribution in [1.29, 1.82) is 0 Å². The summed E-state index contributed by atoms with van der Waals surface area (Å²) in [7, 11) is 0. The second kappa shape index (κ2) is 4.88. The standard InChI is InChI=1S/C14H19NO2/c15-10-14(9-13(16)17)8-4-3-6-11-5-1-2-7-12(11)14/h1-2,5,7H,3-4,6,8-10,15H2,(H,16,17). The molecule has 3 heteroatoms. The minimum absolute atomic E-state index is 0.139. The van der Waals surface area contributed by atoms with Crippen molar-refractivity contribution in [3.8, 4) is 0 Å². The van der Waals surface area contributed by atoms with Crippen LogP contribution in [0, 0.1) is 0 Å². The fourth-order valence-electron chi connectivity index (χ4n) is 2.93. The van der Waals surface area contributed by atoms with Crippen molar-refractivity contribution >= 4 is 5.97 Å². The summed E-state index contributed by atoms with van der Waals surface area (Å²) in [5.74, 6) is -0.757. The van der Waals surface area contributed by atoms with E-state index < -0.39 is 5.97 Å². The van der Waals surface area contributed by atoms with Gasteiger partial charge in [0.05, 0.1) is 6.42 Å². The Balaban J connectivity index is 2.47. The number of carboxylic acids is 1. The van der Waals surface area contributed by atoms with Gasteiger partial charge in [0.25, 0.3) is 0 Å². The largest absolute Gasteiger partial charge is 0.481 e. The lowest BCUT2D eigenvalue weighted by Crippen LogP contribution is -2.37. The summed E-state index contributed by atoms with van der Waals surface area (Å²) in [6.45, 7) is 0.413. The monoisotopic (exact) mass is 233 g/mol. The van der Waals surface area contributed by atoms with Crippen LogP contribution in [0.3, 0.4) is 0 Å². The number of benzene rings is 1. The van der Waals surface area contributed by atoms with E-state index in [1.54, 1.807) is 0 Å². The Hall–Kier alpha value is -1.35. The molecule has 0 aromatic heterocycles. The third-order valence-corrected chi connectivity index (χ3v) is 3.82. The molecular formula is C14H19NO2. The van der Waals surface area contributed by atoms with Crippen molar-refractivity contribution in [1.82, 2.24) is 0 Å². The number of carbonyl (C=O) groups is 1. The molecule has 0 aliphatic heterocycles. The van der Waals surface area contributed by atoms with Gasteiger partial charge in [0.15, 0.2) is 0 Å². The highest BCUT2D eigenvalue weighted by Crippen LogP contribution is 2.38. The minimum Gasteiger partial charge on any atom is -0.481 e. The number of nitrogens with two attached hydrogens (primary N) is 1. The first-order valence-electron chi connectivity index (χ1n) is 6.18. The molecule has 92 valence electrons. The van der Waals surface area contributed by atoms with E-state index in [0.717, 1.165) is 31.2 Å². The van der Waals surface area contributed by atoms with E-state index in [0.29, 0.717) is 6.54 Å². The number of rotatable bonds is 3. The third-order valence-electron chi connectivity index (χ3n) is 3.82. The molecule has 0 fully saturated rings. The van der Waals surface area contributed by atoms with Gasteiger partial charge in [-0.1, -0.05) is 30.7 Å². The first-order chi connectivity index (χ1) is 8.18. The van der Waals surface area contributed by atoms with Crippen LogP contribution in [0.5, 0.6) is 0 Å². The number of fused-ring (bicyclic) bond motifs is 1. The van der Waals surface area contributed by atoms with Crippen LogP contribution in [0.4, 0.5) is 0 Å². The Kier molecular flexibility index (Phi) is 3.48. The van der Waals surface area contributed by atoms with Crippen LogP contribution < -0.4 is 5.73 Å². The molecule has 1 atom stereocenters. The predicted molar refractivity (Wildman–Crippen MR) is 67.0 cm³/mol. The average molecular weight is 233 g/mol. The molecule has 3 N–H and O–H groups in total. The fraction of sp³-hybridized carbons (Fsp3) is 0.500. The SMILES string of the molecule is NCC1(CC(=O)O)CCCCc2ccccc21. The first kappa shape index (κ1) is 12.1. The molecule has 0 radical (unpaired) electrons. The van der Waals surface area contributed by atoms with E-state index in [4.69, 9.17) is 10.8 Å². The Morgan fingerprint density at radius 3 is 2.82 bits per heavy atom. The maximum Gasteiger partial charge on any atom is 0.304 e. The second-order valence-electron chi connectivity index (χ2n) is 4.92. The number of hydrogen-bond donors (Lipinski definition) is 2. The lowest BCUT2D eigenvalue weighted by Gasteiger charge is -2.31. The highest BCUT2D eigenvalue weighted by atomic mass is 16.4. The molecule has 0 bridgehead atoms. The summed E-state index contributed by atoms with van der Waals surface area (Å²) in [6.07, 6.45) is 4.24. The molecule has 0 saturated carbocycles. The summed E-state index contributed by atoms with van der Waals surface area (Å²) in [5, 5.41) is 9.12. The zero-order chi connectivity index (χ0) is 12.3. The van der Waals surface area contributed by atoms with Gasteiger partial charge in [0.2, 0.25) is 0 Å². The van der Waals surface area contributed by atoms with E-state index >= 15 is 0 Å². The van der Waals surface area contributed by atoms with Gasteiger partial charge in [-0.15, -0.1) is 0 Å². The molecule has 1 aliphatic rings. The van der Waals surface area contributed by atoms with Gasteiger partial charge in [-0.3, -0.25) is 4.79 Å². The Labute approximate surface area is 102 Å². The van der Waals surface area contributed by atoms with E-state index in [9.17, 15) is 4.79 Å². The normalized spacial score (nSPS) is 23.8. The van der Waals surface area contributed by atoms with Gasteiger partial charge in [0.1, 0.15) is 0 Å². The molecule has 17 heavy (non-hydrogen) atoms. The minimum atomic E-state index is -0.757. The Bertz CT molecular complexity index is 416. The summed E-state index contributed by atoms with van der Waals surface area (Å²) in [6, 6.07) is 8.16. The lowest BCUT2D eigenvalue weighted by atomic mass is 9.73. The Morgan fingerprint density at radius 2 is 2.12 bits per heavy atom. The van der Waals surface area contributed by atoms with Crippen LogP contribution in [-0.2, 0) is 16.6 Å². The molecule has 2 rings (SSSR count). The molecule has 3 nitrogen and oxygen atoms in total. The van der Waals surface area contributed by atoms with Gasteiger partial charge >= 0.3 is 5.97 Å². The van der Waals surface area contributed by atoms with E-state index in [1.807, 2.05) is 12.1 Å². The van der Waals surface area contributed by atoms with Crippen LogP contribution in [0.25, 0.3) is 0 Å². The van der Waals surface area contributed by atoms with E-state index in [-0.39, 0.29) is 11.8 Å². The molecule has 0 spiro atoms. The van der Waals surface area contributed by atoms with Crippen LogP contribution >= 0.6 is 0 Å². The van der Waals surface area contributed by atoms with Gasteiger partial charge in [-0.25, -0.2) is 0 Å². The van der Waals surface area contributed by atoms with Crippen LogP contribution in [0.1, 0.15) is 36.8 Å². The molecule has 1 aromatic rings. The summed E-state index contributed by atoms with van der Waals surface area (Å²) < 4.78 is 0. The van der Waals surface area contributed by atoms with Crippen molar-refractivity contribution in [2.24, 2.45) is 5.73 Å². The van der Waals surface area contributed by atoms with Gasteiger partial charge < -0.3 is 10.8 Å². The molecule has 1 aliphatic carbocycles. The van der Waals surface area contributed by atoms with Crippen molar-refractivity contribution < 1.29 is 9.90 Å². The zero-order valence-corrected chi connectivity index (χ0v) is 9.98. The number of aliphatic carboxylic acids is 1. The maximum atomic E-state index is 11.1. The molecule has 0 heterocycles. The third kappa shape index (κ3) is 2.34. The summed E-state index contributed by atoms with van der Waals surface area (Å²) in [4.78, 5) is 11.1. The number of aryl methyl sites for hydroxylation is 1. The van der Waals surface area contributed by atoms with Crippen LogP contribution in [0.2, 0.25) is 0 Å². The molecular weight excluding hydrogens is 214 g/mol. The van der Waals surface area contributed by atoms with E-state index in [1.165, 1.54) is 5.56 Å². The average Bonchev–Trinajstić information content (AvgIpc) is 2.50. The van der Waals surface area contributed by atoms with Crippen molar-refractivity contribution in [3.05, 3.63) is 35.4 Å². The zero-order valence-electron chi connectivity index (χ0n) is 9.98. The Morgan fingerprint density at radius 1 is 1.35 bits per heavy atom. The molecule has 0 saturated heterocycles. The smallest absolute Gasteiger partial charge is 0.304 e. The van der Waals surface area contributed by atoms with Gasteiger partial charge in [-0.2, -0.15) is 0 Å². The summed E-state index contributed by atoms with van der Waals surface area (Å²) >= 11 is 0. The number of carboxylic acid groups (broad SMARTS) is 1. The van der Waals surface area contributed by atoms with Crippen LogP contribution in [0.15, 0.2) is 24.3 Å². The molecule has 0 amide bonds. The summed E-state index contributed by atoms with van der Waals surface area (Å²) in [5.41, 5.74) is 7.98. The highest BCUT2D eigenvalue weighted by Gasteiger charge is 2.35. The highest BCUT2D eigenvalue weighted by molar-refractivity contribution is 5.69. The quantitative estimate of drug-likeness (QED) is 0.786. The van der Waals surface area contributed by atoms with Crippen molar-refractivity contribution in [2.75, 3.05) is 6.54 Å². The topological polar surface area (TPSA) is 63.3 Å². The fourth-order valence-corrected chi connectivity index (χ4v) is 2.93. The first-order valence-corrected chi connectivity index (χ1v) is 6.18. The number of hydrogen-bond acceptors (Lipinski definition) is 2. The van der Waals surface area contributed by atoms with Crippen LogP contribution in [-0.4, -0.2) is 17.6 Å². The van der Waals surface area contributed by atoms with Gasteiger partial charge in [0, 0.05) is 12.0 Å². The molecule has 1 unspecified atom stereocenters. The molecule has 1 aromatic carbocycles. The van der Waals surface area contributed by atoms with Crippen molar-refractivity contribution in [3.63, 3.8) is 0 Å². The lowest BCUT2D eigenvalue weighted by molar-refractivity contribution is -0.138. The second-order valence-corrected chi connectivity index (χ2v) is 4.92.